The van der Waals surface area contributed by atoms with Gasteiger partial charge in [-0.1, -0.05) is 39.3 Å². The molecule has 0 atom stereocenters. The summed E-state index contributed by atoms with van der Waals surface area (Å²) in [5.41, 5.74) is 17.0. The molecule has 35 heavy (non-hydrogen) atoms. The summed E-state index contributed by atoms with van der Waals surface area (Å²) >= 11 is 6.01. The average molecular weight is 502 g/mol. The summed E-state index contributed by atoms with van der Waals surface area (Å²) in [6.07, 6.45) is 6.86. The second kappa shape index (κ2) is 11.5. The Labute approximate surface area is 212 Å². The van der Waals surface area contributed by atoms with E-state index in [2.05, 4.69) is 27.7 Å². The molecule has 0 radical (unpaired) electrons. The fourth-order valence-corrected chi connectivity index (χ4v) is 5.27. The van der Waals surface area contributed by atoms with Gasteiger partial charge in [-0.3, -0.25) is 4.79 Å². The second-order valence-electron chi connectivity index (χ2n) is 10.4. The number of aldehydes is 1. The zero-order valence-corrected chi connectivity index (χ0v) is 21.6. The number of hydrogen-bond acceptors (Lipinski definition) is 7. The van der Waals surface area contributed by atoms with Crippen molar-refractivity contribution in [1.29, 1.82) is 5.26 Å². The Balaban J connectivity index is 0.000000247. The van der Waals surface area contributed by atoms with Gasteiger partial charge < -0.3 is 31.6 Å². The molecule has 1 saturated heterocycles. The Morgan fingerprint density at radius 1 is 1.14 bits per heavy atom. The molecule has 190 valence electrons. The summed E-state index contributed by atoms with van der Waals surface area (Å²) in [7, 11) is 0. The number of amides is 1. The number of benzene rings is 1. The summed E-state index contributed by atoms with van der Waals surface area (Å²) in [6.45, 7) is 10.3. The standard InChI is InChI=1S/C15H18ClNO.C11H18N4O2/c1-14(2)9-15(3,4)13(14)18-11-6-5-10(8-17)12(16)7-11;12-9(11(14)17)1-2-10(13)15-5-3-8(7-16)4-6-15/h5-7,13H,9H2,1-4H3;1-2,7-8H,3-6,12-13H2,(H2,14,17)/b;9-1-,10-2+. The van der Waals surface area contributed by atoms with Crippen LogP contribution in [0.4, 0.5) is 0 Å². The van der Waals surface area contributed by atoms with Gasteiger partial charge in [0.05, 0.1) is 22.1 Å². The molecule has 2 fully saturated rings. The zero-order valence-electron chi connectivity index (χ0n) is 20.9. The SMILES string of the molecule is CC1(C)CC(C)(C)C1Oc1ccc(C#N)c(Cl)c1.NC(=O)/C(N)=C/C=C(\N)N1CCC(C=O)CC1. The van der Waals surface area contributed by atoms with Crippen molar-refractivity contribution in [2.75, 3.05) is 13.1 Å². The Morgan fingerprint density at radius 2 is 1.74 bits per heavy atom. The van der Waals surface area contributed by atoms with Crippen LogP contribution in [0.25, 0.3) is 0 Å². The average Bonchev–Trinajstić information content (AvgIpc) is 2.80. The number of ether oxygens (including phenoxy) is 1. The van der Waals surface area contributed by atoms with Gasteiger partial charge in [0.2, 0.25) is 0 Å². The summed E-state index contributed by atoms with van der Waals surface area (Å²) in [6, 6.07) is 7.29. The first-order valence-corrected chi connectivity index (χ1v) is 12.0. The number of likely N-dealkylation sites (tertiary alicyclic amines) is 1. The van der Waals surface area contributed by atoms with Gasteiger partial charge in [0.25, 0.3) is 5.91 Å². The molecule has 1 saturated carbocycles. The van der Waals surface area contributed by atoms with Gasteiger partial charge in [-0.2, -0.15) is 5.26 Å². The minimum absolute atomic E-state index is 0.0317. The molecule has 1 aliphatic heterocycles. The van der Waals surface area contributed by atoms with E-state index in [0.717, 1.165) is 44.4 Å². The molecule has 2 aliphatic rings. The molecule has 1 aliphatic carbocycles. The lowest BCUT2D eigenvalue weighted by molar-refractivity contribution is -0.133. The van der Waals surface area contributed by atoms with E-state index in [1.807, 2.05) is 17.0 Å². The number of carbonyl (C=O) groups is 2. The smallest absolute Gasteiger partial charge is 0.264 e. The van der Waals surface area contributed by atoms with Crippen LogP contribution >= 0.6 is 11.6 Å². The van der Waals surface area contributed by atoms with Gasteiger partial charge in [0, 0.05) is 35.9 Å². The third kappa shape index (κ3) is 7.40. The molecule has 0 bridgehead atoms. The number of hydrogen-bond donors (Lipinski definition) is 3. The molecule has 0 spiro atoms. The number of primary amides is 1. The van der Waals surface area contributed by atoms with Crippen molar-refractivity contribution in [1.82, 2.24) is 4.90 Å². The highest BCUT2D eigenvalue weighted by atomic mass is 35.5. The highest BCUT2D eigenvalue weighted by Gasteiger charge is 2.54. The molecule has 9 heteroatoms. The number of piperidine rings is 1. The van der Waals surface area contributed by atoms with E-state index in [-0.39, 0.29) is 28.5 Å². The monoisotopic (exact) mass is 501 g/mol. The number of nitriles is 1. The first-order chi connectivity index (χ1) is 16.3. The van der Waals surface area contributed by atoms with Crippen LogP contribution in [-0.2, 0) is 9.59 Å². The van der Waals surface area contributed by atoms with Gasteiger partial charge in [-0.05, 0) is 43.5 Å². The maximum Gasteiger partial charge on any atom is 0.264 e. The molecular weight excluding hydrogens is 466 g/mol. The van der Waals surface area contributed by atoms with Crippen molar-refractivity contribution in [2.45, 2.75) is 53.1 Å². The quantitative estimate of drug-likeness (QED) is 0.307. The van der Waals surface area contributed by atoms with Crippen LogP contribution < -0.4 is 21.9 Å². The van der Waals surface area contributed by atoms with Gasteiger partial charge in [0.15, 0.2) is 0 Å². The van der Waals surface area contributed by atoms with Crippen LogP contribution in [0.2, 0.25) is 5.02 Å². The molecule has 0 aromatic heterocycles. The molecular formula is C26H36ClN5O3. The van der Waals surface area contributed by atoms with Crippen LogP contribution in [0.5, 0.6) is 5.75 Å². The number of rotatable bonds is 6. The molecule has 3 rings (SSSR count). The van der Waals surface area contributed by atoms with Crippen molar-refractivity contribution in [2.24, 2.45) is 33.9 Å². The van der Waals surface area contributed by atoms with Crippen LogP contribution in [0.3, 0.4) is 0 Å². The van der Waals surface area contributed by atoms with E-state index in [9.17, 15) is 9.59 Å². The van der Waals surface area contributed by atoms with Crippen molar-refractivity contribution in [3.63, 3.8) is 0 Å². The topological polar surface area (TPSA) is 148 Å². The molecule has 1 aromatic rings. The van der Waals surface area contributed by atoms with Gasteiger partial charge >= 0.3 is 0 Å². The highest BCUT2D eigenvalue weighted by molar-refractivity contribution is 6.31. The predicted octanol–water partition coefficient (Wildman–Crippen LogP) is 3.44. The largest absolute Gasteiger partial charge is 0.489 e. The molecule has 1 amide bonds. The third-order valence-electron chi connectivity index (χ3n) is 6.46. The first kappa shape index (κ1) is 28.1. The molecule has 8 nitrogen and oxygen atoms in total. The Morgan fingerprint density at radius 3 is 2.20 bits per heavy atom. The lowest BCUT2D eigenvalue weighted by Gasteiger charge is -2.56. The number of nitrogens with two attached hydrogens (primary N) is 3. The number of halogens is 1. The zero-order chi connectivity index (χ0) is 26.4. The van der Waals surface area contributed by atoms with E-state index in [1.165, 1.54) is 6.08 Å². The lowest BCUT2D eigenvalue weighted by atomic mass is 9.53. The predicted molar refractivity (Wildman–Crippen MR) is 137 cm³/mol. The Bertz CT molecular complexity index is 1020. The molecule has 1 heterocycles. The first-order valence-electron chi connectivity index (χ1n) is 11.6. The normalized spacial score (nSPS) is 20.1. The van der Waals surface area contributed by atoms with E-state index < -0.39 is 5.91 Å². The minimum Gasteiger partial charge on any atom is -0.489 e. The Hall–Kier alpha value is -3.18. The van der Waals surface area contributed by atoms with Crippen LogP contribution in [0.1, 0.15) is 52.5 Å². The minimum atomic E-state index is -0.672. The fraction of sp³-hybridized carbons (Fsp3) is 0.500. The van der Waals surface area contributed by atoms with E-state index in [4.69, 9.17) is 38.8 Å². The lowest BCUT2D eigenvalue weighted by Crippen LogP contribution is -2.58. The summed E-state index contributed by atoms with van der Waals surface area (Å²) in [5, 5.41) is 9.29. The van der Waals surface area contributed by atoms with Crippen LogP contribution in [0, 0.1) is 28.1 Å². The maximum absolute atomic E-state index is 10.7. The van der Waals surface area contributed by atoms with E-state index in [0.29, 0.717) is 16.4 Å². The van der Waals surface area contributed by atoms with Crippen molar-refractivity contribution >= 4 is 23.8 Å². The second-order valence-corrected chi connectivity index (χ2v) is 10.9. The van der Waals surface area contributed by atoms with E-state index in [1.54, 1.807) is 18.2 Å². The summed E-state index contributed by atoms with van der Waals surface area (Å²) in [4.78, 5) is 23.2. The summed E-state index contributed by atoms with van der Waals surface area (Å²) < 4.78 is 6.07. The third-order valence-corrected chi connectivity index (χ3v) is 6.77. The van der Waals surface area contributed by atoms with Gasteiger partial charge in [0.1, 0.15) is 24.2 Å². The highest BCUT2D eigenvalue weighted by Crippen LogP contribution is 2.55. The Kier molecular flexibility index (Phi) is 9.22. The van der Waals surface area contributed by atoms with Crippen molar-refractivity contribution in [3.05, 3.63) is 52.5 Å². The maximum atomic E-state index is 10.7. The van der Waals surface area contributed by atoms with Crippen LogP contribution in [-0.4, -0.2) is 36.3 Å². The summed E-state index contributed by atoms with van der Waals surface area (Å²) in [5.74, 6) is 0.724. The van der Waals surface area contributed by atoms with Crippen molar-refractivity contribution < 1.29 is 14.3 Å². The van der Waals surface area contributed by atoms with Crippen molar-refractivity contribution in [3.8, 4) is 11.8 Å². The number of nitrogens with zero attached hydrogens (tertiary/aromatic N) is 2. The molecule has 1 aromatic carbocycles. The number of carbonyl (C=O) groups excluding carboxylic acids is 2. The number of allylic oxidation sites excluding steroid dienone is 2. The van der Waals surface area contributed by atoms with Gasteiger partial charge in [-0.25, -0.2) is 0 Å². The van der Waals surface area contributed by atoms with E-state index >= 15 is 0 Å². The van der Waals surface area contributed by atoms with Crippen LogP contribution in [0.15, 0.2) is 41.9 Å². The molecule has 0 unspecified atom stereocenters. The molecule has 6 N–H and O–H groups in total. The van der Waals surface area contributed by atoms with Gasteiger partial charge in [-0.15, -0.1) is 0 Å². The fourth-order valence-electron chi connectivity index (χ4n) is 5.06.